The van der Waals surface area contributed by atoms with Gasteiger partial charge in [-0.15, -0.1) is 0 Å². The minimum Gasteiger partial charge on any atom is -0.462 e. The quantitative estimate of drug-likeness (QED) is 0.802. The van der Waals surface area contributed by atoms with Gasteiger partial charge in [-0.2, -0.15) is 11.8 Å². The van der Waals surface area contributed by atoms with Gasteiger partial charge in [0.25, 0.3) is 0 Å². The lowest BCUT2D eigenvalue weighted by molar-refractivity contribution is 0.0527. The molecular formula is C13H18N2O2S. The molecule has 0 radical (unpaired) electrons. The molecule has 0 amide bonds. The number of aromatic nitrogens is 1. The number of ether oxygens (including phenoxy) is 1. The highest BCUT2D eigenvalue weighted by Crippen LogP contribution is 2.47. The lowest BCUT2D eigenvalue weighted by Crippen LogP contribution is -2.20. The summed E-state index contributed by atoms with van der Waals surface area (Å²) in [6.07, 6.45) is 6.26. The zero-order chi connectivity index (χ0) is 13.0. The van der Waals surface area contributed by atoms with Crippen LogP contribution in [0.1, 0.15) is 30.1 Å². The lowest BCUT2D eigenvalue weighted by Gasteiger charge is -2.15. The minimum absolute atomic E-state index is 0.318. The Bertz CT molecular complexity index is 433. The van der Waals surface area contributed by atoms with Crippen LogP contribution in [0.2, 0.25) is 0 Å². The third-order valence-corrected chi connectivity index (χ3v) is 4.54. The molecule has 98 valence electrons. The summed E-state index contributed by atoms with van der Waals surface area (Å²) in [7, 11) is 0. The van der Waals surface area contributed by atoms with Gasteiger partial charge in [0, 0.05) is 17.5 Å². The second kappa shape index (κ2) is 5.61. The van der Waals surface area contributed by atoms with Crippen LogP contribution in [0.4, 0.5) is 5.82 Å². The number of hydrogen-bond donors (Lipinski definition) is 1. The summed E-state index contributed by atoms with van der Waals surface area (Å²) < 4.78 is 5.36. The largest absolute Gasteiger partial charge is 0.462 e. The van der Waals surface area contributed by atoms with Crippen molar-refractivity contribution in [3.63, 3.8) is 0 Å². The molecule has 2 rings (SSSR count). The van der Waals surface area contributed by atoms with Crippen LogP contribution < -0.4 is 5.32 Å². The molecule has 0 aliphatic heterocycles. The first kappa shape index (κ1) is 13.2. The Balaban J connectivity index is 2.05. The van der Waals surface area contributed by atoms with Crippen LogP contribution in [0.3, 0.4) is 0 Å². The smallest absolute Gasteiger partial charge is 0.341 e. The molecular weight excluding hydrogens is 248 g/mol. The molecule has 18 heavy (non-hydrogen) atoms. The number of nitrogens with zero attached hydrogens (tertiary/aromatic N) is 1. The molecule has 1 aliphatic rings. The number of thioether (sulfide) groups is 1. The Kier molecular flexibility index (Phi) is 4.11. The Hall–Kier alpha value is -1.23. The first-order valence-corrected chi connectivity index (χ1v) is 7.34. The van der Waals surface area contributed by atoms with E-state index in [1.165, 1.54) is 12.8 Å². The normalized spacial score (nSPS) is 16.1. The predicted octanol–water partition coefficient (Wildman–Crippen LogP) is 2.57. The molecule has 0 unspecified atom stereocenters. The third kappa shape index (κ3) is 2.96. The molecule has 0 aromatic carbocycles. The number of nitrogens with one attached hydrogen (secondary N) is 1. The van der Waals surface area contributed by atoms with Crippen molar-refractivity contribution in [1.82, 2.24) is 4.98 Å². The zero-order valence-electron chi connectivity index (χ0n) is 10.7. The number of rotatable bonds is 6. The number of carbonyl (C=O) groups excluding carboxylic acids is 1. The van der Waals surface area contributed by atoms with Crippen LogP contribution in [-0.2, 0) is 4.74 Å². The third-order valence-electron chi connectivity index (χ3n) is 3.12. The molecule has 1 aromatic rings. The molecule has 0 spiro atoms. The van der Waals surface area contributed by atoms with Crippen molar-refractivity contribution in [3.05, 3.63) is 23.9 Å². The van der Waals surface area contributed by atoms with E-state index in [4.69, 9.17) is 4.74 Å². The fourth-order valence-electron chi connectivity index (χ4n) is 1.76. The van der Waals surface area contributed by atoms with E-state index in [2.05, 4.69) is 16.6 Å². The standard InChI is InChI=1S/C13H18N2O2S/c1-3-17-12(16)10-5-4-8-14-11(10)15-9-13(18-2)6-7-13/h4-5,8H,3,6-7,9H2,1-2H3,(H,14,15). The number of anilines is 1. The van der Waals surface area contributed by atoms with Gasteiger partial charge in [-0.3, -0.25) is 0 Å². The van der Waals surface area contributed by atoms with Crippen molar-refractivity contribution < 1.29 is 9.53 Å². The van der Waals surface area contributed by atoms with E-state index in [0.717, 1.165) is 6.54 Å². The van der Waals surface area contributed by atoms with E-state index in [9.17, 15) is 4.79 Å². The molecule has 1 aromatic heterocycles. The van der Waals surface area contributed by atoms with Gasteiger partial charge in [0.1, 0.15) is 11.4 Å². The van der Waals surface area contributed by atoms with Gasteiger partial charge < -0.3 is 10.1 Å². The van der Waals surface area contributed by atoms with E-state index in [1.807, 2.05) is 11.8 Å². The molecule has 1 aliphatic carbocycles. The van der Waals surface area contributed by atoms with Crippen LogP contribution in [0.5, 0.6) is 0 Å². The van der Waals surface area contributed by atoms with E-state index in [-0.39, 0.29) is 5.97 Å². The van der Waals surface area contributed by atoms with E-state index in [0.29, 0.717) is 22.7 Å². The maximum Gasteiger partial charge on any atom is 0.341 e. The van der Waals surface area contributed by atoms with Gasteiger partial charge >= 0.3 is 5.97 Å². The van der Waals surface area contributed by atoms with Gasteiger partial charge in [0.2, 0.25) is 0 Å². The number of pyridine rings is 1. The van der Waals surface area contributed by atoms with Crippen LogP contribution in [0.15, 0.2) is 18.3 Å². The molecule has 1 N–H and O–H groups in total. The zero-order valence-corrected chi connectivity index (χ0v) is 11.5. The van der Waals surface area contributed by atoms with E-state index >= 15 is 0 Å². The molecule has 0 bridgehead atoms. The first-order valence-electron chi connectivity index (χ1n) is 6.12. The second-order valence-corrected chi connectivity index (χ2v) is 5.64. The highest BCUT2D eigenvalue weighted by molar-refractivity contribution is 8.00. The fraction of sp³-hybridized carbons (Fsp3) is 0.538. The van der Waals surface area contributed by atoms with E-state index in [1.54, 1.807) is 25.3 Å². The highest BCUT2D eigenvalue weighted by Gasteiger charge is 2.41. The highest BCUT2D eigenvalue weighted by atomic mass is 32.2. The molecule has 1 fully saturated rings. The maximum absolute atomic E-state index is 11.8. The first-order chi connectivity index (χ1) is 8.71. The van der Waals surface area contributed by atoms with Gasteiger partial charge in [-0.25, -0.2) is 9.78 Å². The molecule has 0 atom stereocenters. The molecule has 1 heterocycles. The fourth-order valence-corrected chi connectivity index (χ4v) is 2.48. The Morgan fingerprint density at radius 1 is 1.61 bits per heavy atom. The minimum atomic E-state index is -0.318. The molecule has 4 nitrogen and oxygen atoms in total. The summed E-state index contributed by atoms with van der Waals surface area (Å²) in [6.45, 7) is 3.02. The van der Waals surface area contributed by atoms with Crippen molar-refractivity contribution in [2.75, 3.05) is 24.7 Å². The Morgan fingerprint density at radius 3 is 3.00 bits per heavy atom. The van der Waals surface area contributed by atoms with Crippen LogP contribution in [-0.4, -0.2) is 35.1 Å². The summed E-state index contributed by atoms with van der Waals surface area (Å²) >= 11 is 1.88. The Labute approximate surface area is 112 Å². The van der Waals surface area contributed by atoms with E-state index < -0.39 is 0 Å². The van der Waals surface area contributed by atoms with Crippen molar-refractivity contribution >= 4 is 23.5 Å². The topological polar surface area (TPSA) is 51.2 Å². The average molecular weight is 266 g/mol. The second-order valence-electron chi connectivity index (χ2n) is 4.36. The van der Waals surface area contributed by atoms with Gasteiger partial charge in [0.15, 0.2) is 0 Å². The summed E-state index contributed by atoms with van der Waals surface area (Å²) in [5.41, 5.74) is 0.510. The van der Waals surface area contributed by atoms with Crippen LogP contribution >= 0.6 is 11.8 Å². The lowest BCUT2D eigenvalue weighted by atomic mass is 10.2. The number of carbonyl (C=O) groups is 1. The summed E-state index contributed by atoms with van der Waals surface area (Å²) in [5, 5.41) is 3.27. The molecule has 0 saturated heterocycles. The van der Waals surface area contributed by atoms with Gasteiger partial charge in [-0.1, -0.05) is 0 Å². The van der Waals surface area contributed by atoms with Crippen molar-refractivity contribution in [2.45, 2.75) is 24.5 Å². The van der Waals surface area contributed by atoms with Crippen LogP contribution in [0, 0.1) is 0 Å². The van der Waals surface area contributed by atoms with Crippen LogP contribution in [0.25, 0.3) is 0 Å². The van der Waals surface area contributed by atoms with Gasteiger partial charge in [0.05, 0.1) is 6.61 Å². The summed E-state index contributed by atoms with van der Waals surface area (Å²) in [6, 6.07) is 3.49. The maximum atomic E-state index is 11.8. The van der Waals surface area contributed by atoms with Crippen molar-refractivity contribution in [2.24, 2.45) is 0 Å². The summed E-state index contributed by atoms with van der Waals surface area (Å²) in [4.78, 5) is 16.0. The van der Waals surface area contributed by atoms with Crippen molar-refractivity contribution in [1.29, 1.82) is 0 Å². The Morgan fingerprint density at radius 2 is 2.39 bits per heavy atom. The molecule has 5 heteroatoms. The monoisotopic (exact) mass is 266 g/mol. The molecule has 1 saturated carbocycles. The SMILES string of the molecule is CCOC(=O)c1cccnc1NCC1(SC)CC1. The predicted molar refractivity (Wildman–Crippen MR) is 74.2 cm³/mol. The number of hydrogen-bond acceptors (Lipinski definition) is 5. The average Bonchev–Trinajstić information content (AvgIpc) is 3.18. The summed E-state index contributed by atoms with van der Waals surface area (Å²) in [5.74, 6) is 0.304. The van der Waals surface area contributed by atoms with Gasteiger partial charge in [-0.05, 0) is 38.2 Å². The van der Waals surface area contributed by atoms with Crippen molar-refractivity contribution in [3.8, 4) is 0 Å². The number of esters is 1.